The Kier molecular flexibility index (Phi) is 7.11. The Morgan fingerprint density at radius 2 is 2.14 bits per heavy atom. The van der Waals surface area contributed by atoms with E-state index in [2.05, 4.69) is 5.32 Å². The maximum atomic E-state index is 13.5. The summed E-state index contributed by atoms with van der Waals surface area (Å²) >= 11 is 5.63. The summed E-state index contributed by atoms with van der Waals surface area (Å²) in [6.07, 6.45) is 0.201. The molecule has 0 saturated heterocycles. The van der Waals surface area contributed by atoms with Crippen LogP contribution in [0.4, 0.5) is 10.1 Å². The zero-order valence-electron chi connectivity index (χ0n) is 12.0. The summed E-state index contributed by atoms with van der Waals surface area (Å²) in [5, 5.41) is 2.71. The highest BCUT2D eigenvalue weighted by atomic mass is 35.5. The zero-order valence-corrected chi connectivity index (χ0v) is 12.7. The third kappa shape index (κ3) is 6.55. The molecule has 7 heteroatoms. The molecule has 1 aromatic rings. The Morgan fingerprint density at radius 1 is 1.43 bits per heavy atom. The predicted octanol–water partition coefficient (Wildman–Crippen LogP) is 2.30. The van der Waals surface area contributed by atoms with E-state index in [1.807, 2.05) is 0 Å². The highest BCUT2D eigenvalue weighted by Crippen LogP contribution is 2.18. The molecule has 0 spiro atoms. The number of carbonyl (C=O) groups is 2. The molecule has 0 aliphatic heterocycles. The van der Waals surface area contributed by atoms with Gasteiger partial charge in [-0.1, -0.05) is 11.6 Å². The van der Waals surface area contributed by atoms with Crippen molar-refractivity contribution in [3.8, 4) is 0 Å². The normalized spacial score (nSPS) is 10.5. The van der Waals surface area contributed by atoms with E-state index in [1.165, 1.54) is 12.1 Å². The summed E-state index contributed by atoms with van der Waals surface area (Å²) in [5.41, 5.74) is 0.0724. The van der Waals surface area contributed by atoms with Crippen molar-refractivity contribution in [3.63, 3.8) is 0 Å². The van der Waals surface area contributed by atoms with Crippen molar-refractivity contribution >= 4 is 29.2 Å². The molecular formula is C14H18ClFN2O3. The van der Waals surface area contributed by atoms with Gasteiger partial charge in [0, 0.05) is 11.6 Å². The Bertz CT molecular complexity index is 511. The first-order chi connectivity index (χ1) is 9.92. The van der Waals surface area contributed by atoms with Crippen LogP contribution >= 0.6 is 11.6 Å². The molecule has 0 bridgehead atoms. The molecule has 1 amide bonds. The van der Waals surface area contributed by atoms with Crippen LogP contribution in [0.1, 0.15) is 13.3 Å². The molecule has 116 valence electrons. The van der Waals surface area contributed by atoms with Gasteiger partial charge in [0.15, 0.2) is 0 Å². The van der Waals surface area contributed by atoms with E-state index in [0.29, 0.717) is 13.2 Å². The second kappa shape index (κ2) is 8.59. The standard InChI is InChI=1S/C14H18ClFN2O3/c1-3-21-14(20)6-7-18(2)9-13(19)17-12-5-4-10(15)8-11(12)16/h4-5,8H,3,6-7,9H2,1-2H3,(H,17,19). The maximum absolute atomic E-state index is 13.5. The Balaban J connectivity index is 2.40. The summed E-state index contributed by atoms with van der Waals surface area (Å²) in [5.74, 6) is -1.28. The maximum Gasteiger partial charge on any atom is 0.307 e. The van der Waals surface area contributed by atoms with Crippen LogP contribution in [0.25, 0.3) is 0 Å². The van der Waals surface area contributed by atoms with Crippen LogP contribution in [0, 0.1) is 5.82 Å². The fourth-order valence-electron chi connectivity index (χ4n) is 1.62. The van der Waals surface area contributed by atoms with Crippen LogP contribution in [-0.4, -0.2) is 43.5 Å². The lowest BCUT2D eigenvalue weighted by atomic mass is 10.3. The van der Waals surface area contributed by atoms with Crippen molar-refractivity contribution in [2.75, 3.05) is 32.1 Å². The van der Waals surface area contributed by atoms with Gasteiger partial charge in [0.05, 0.1) is 25.3 Å². The van der Waals surface area contributed by atoms with Gasteiger partial charge in [-0.25, -0.2) is 4.39 Å². The second-order valence-electron chi connectivity index (χ2n) is 4.47. The highest BCUT2D eigenvalue weighted by molar-refractivity contribution is 6.30. The smallest absolute Gasteiger partial charge is 0.307 e. The van der Waals surface area contributed by atoms with Gasteiger partial charge in [0.1, 0.15) is 5.82 Å². The molecule has 0 heterocycles. The molecular weight excluding hydrogens is 299 g/mol. The quantitative estimate of drug-likeness (QED) is 0.784. The number of nitrogens with one attached hydrogen (secondary N) is 1. The number of halogens is 2. The Labute approximate surface area is 128 Å². The number of amides is 1. The lowest BCUT2D eigenvalue weighted by molar-refractivity contribution is -0.143. The Hall–Kier alpha value is -1.66. The molecule has 0 aromatic heterocycles. The molecule has 21 heavy (non-hydrogen) atoms. The number of likely N-dealkylation sites (N-methyl/N-ethyl adjacent to an activating group) is 1. The number of anilines is 1. The number of nitrogens with zero attached hydrogens (tertiary/aromatic N) is 1. The first-order valence-electron chi connectivity index (χ1n) is 6.51. The van der Waals surface area contributed by atoms with E-state index >= 15 is 0 Å². The van der Waals surface area contributed by atoms with Gasteiger partial charge >= 0.3 is 5.97 Å². The monoisotopic (exact) mass is 316 g/mol. The molecule has 0 aliphatic rings. The first-order valence-corrected chi connectivity index (χ1v) is 6.89. The summed E-state index contributed by atoms with van der Waals surface area (Å²) in [7, 11) is 1.69. The van der Waals surface area contributed by atoms with Gasteiger partial charge in [-0.2, -0.15) is 0 Å². The number of rotatable bonds is 7. The number of hydrogen-bond donors (Lipinski definition) is 1. The third-order valence-electron chi connectivity index (χ3n) is 2.62. The fourth-order valence-corrected chi connectivity index (χ4v) is 1.78. The molecule has 1 aromatic carbocycles. The van der Waals surface area contributed by atoms with E-state index < -0.39 is 5.82 Å². The van der Waals surface area contributed by atoms with Crippen molar-refractivity contribution in [2.45, 2.75) is 13.3 Å². The number of ether oxygens (including phenoxy) is 1. The zero-order chi connectivity index (χ0) is 15.8. The fraction of sp³-hybridized carbons (Fsp3) is 0.429. The van der Waals surface area contributed by atoms with Crippen molar-refractivity contribution in [1.29, 1.82) is 0 Å². The van der Waals surface area contributed by atoms with Gasteiger partial charge in [-0.15, -0.1) is 0 Å². The second-order valence-corrected chi connectivity index (χ2v) is 4.90. The van der Waals surface area contributed by atoms with Crippen LogP contribution in [0.15, 0.2) is 18.2 Å². The van der Waals surface area contributed by atoms with Crippen molar-refractivity contribution in [2.24, 2.45) is 0 Å². The van der Waals surface area contributed by atoms with Gasteiger partial charge < -0.3 is 10.1 Å². The highest BCUT2D eigenvalue weighted by Gasteiger charge is 2.11. The SMILES string of the molecule is CCOC(=O)CCN(C)CC(=O)Nc1ccc(Cl)cc1F. The van der Waals surface area contributed by atoms with Crippen LogP contribution in [0.2, 0.25) is 5.02 Å². The van der Waals surface area contributed by atoms with Crippen LogP contribution in [-0.2, 0) is 14.3 Å². The van der Waals surface area contributed by atoms with Crippen LogP contribution in [0.5, 0.6) is 0 Å². The molecule has 1 rings (SSSR count). The Morgan fingerprint density at radius 3 is 2.76 bits per heavy atom. The average Bonchev–Trinajstić information content (AvgIpc) is 2.40. The molecule has 1 N–H and O–H groups in total. The van der Waals surface area contributed by atoms with Gasteiger partial charge in [-0.05, 0) is 32.2 Å². The molecule has 0 aliphatic carbocycles. The van der Waals surface area contributed by atoms with Crippen molar-refractivity contribution in [3.05, 3.63) is 29.0 Å². The lowest BCUT2D eigenvalue weighted by Gasteiger charge is -2.15. The number of carbonyl (C=O) groups excluding carboxylic acids is 2. The minimum atomic E-state index is -0.593. The van der Waals surface area contributed by atoms with E-state index in [4.69, 9.17) is 16.3 Å². The summed E-state index contributed by atoms with van der Waals surface area (Å²) in [4.78, 5) is 24.6. The molecule has 0 atom stereocenters. The van der Waals surface area contributed by atoms with E-state index in [-0.39, 0.29) is 35.6 Å². The molecule has 5 nitrogen and oxygen atoms in total. The summed E-state index contributed by atoms with van der Waals surface area (Å²) < 4.78 is 18.3. The summed E-state index contributed by atoms with van der Waals surface area (Å²) in [6, 6.07) is 4.01. The molecule has 0 radical (unpaired) electrons. The first kappa shape index (κ1) is 17.4. The minimum Gasteiger partial charge on any atom is -0.466 e. The van der Waals surface area contributed by atoms with Crippen LogP contribution in [0.3, 0.4) is 0 Å². The molecule has 0 unspecified atom stereocenters. The van der Waals surface area contributed by atoms with E-state index in [0.717, 1.165) is 6.07 Å². The number of benzene rings is 1. The lowest BCUT2D eigenvalue weighted by Crippen LogP contribution is -2.32. The van der Waals surface area contributed by atoms with Gasteiger partial charge in [-0.3, -0.25) is 14.5 Å². The van der Waals surface area contributed by atoms with Crippen molar-refractivity contribution in [1.82, 2.24) is 4.90 Å². The number of hydrogen-bond acceptors (Lipinski definition) is 4. The van der Waals surface area contributed by atoms with Gasteiger partial charge in [0.25, 0.3) is 0 Å². The van der Waals surface area contributed by atoms with Gasteiger partial charge in [0.2, 0.25) is 5.91 Å². The predicted molar refractivity (Wildman–Crippen MR) is 78.8 cm³/mol. The third-order valence-corrected chi connectivity index (χ3v) is 2.86. The molecule has 0 saturated carbocycles. The van der Waals surface area contributed by atoms with E-state index in [1.54, 1.807) is 18.9 Å². The summed E-state index contributed by atoms with van der Waals surface area (Å²) in [6.45, 7) is 2.49. The van der Waals surface area contributed by atoms with E-state index in [9.17, 15) is 14.0 Å². The van der Waals surface area contributed by atoms with Crippen molar-refractivity contribution < 1.29 is 18.7 Å². The topological polar surface area (TPSA) is 58.6 Å². The minimum absolute atomic E-state index is 0.0431. The molecule has 0 fully saturated rings. The van der Waals surface area contributed by atoms with Crippen LogP contribution < -0.4 is 5.32 Å². The number of esters is 1. The average molecular weight is 317 g/mol. The largest absolute Gasteiger partial charge is 0.466 e.